The summed E-state index contributed by atoms with van der Waals surface area (Å²) >= 11 is 0. The lowest BCUT2D eigenvalue weighted by Gasteiger charge is -2.27. The third-order valence-corrected chi connectivity index (χ3v) is 3.46. The first-order valence-electron chi connectivity index (χ1n) is 6.33. The summed E-state index contributed by atoms with van der Waals surface area (Å²) in [5, 5.41) is 0. The summed E-state index contributed by atoms with van der Waals surface area (Å²) in [5.74, 6) is -0.550. The van der Waals surface area contributed by atoms with Gasteiger partial charge in [0.05, 0.1) is 0 Å². The number of carbonyl (C=O) groups excluding carboxylic acids is 3. The van der Waals surface area contributed by atoms with Crippen molar-refractivity contribution < 1.29 is 14.4 Å². The maximum absolute atomic E-state index is 12.2. The van der Waals surface area contributed by atoms with Crippen molar-refractivity contribution in [2.45, 2.75) is 40.5 Å². The predicted octanol–water partition coefficient (Wildman–Crippen LogP) is 2.12. The molecule has 0 saturated carbocycles. The monoisotopic (exact) mass is 256 g/mol. The Labute approximate surface area is 109 Å². The van der Waals surface area contributed by atoms with Gasteiger partial charge >= 0.3 is 6.03 Å². The van der Waals surface area contributed by atoms with Gasteiger partial charge in [0.25, 0.3) is 0 Å². The van der Waals surface area contributed by atoms with Gasteiger partial charge in [0.2, 0.25) is 11.8 Å². The molecule has 0 aliphatic rings. The average Bonchev–Trinajstić information content (AvgIpc) is 2.36. The molecule has 5 heteroatoms. The van der Waals surface area contributed by atoms with Crippen LogP contribution in [-0.4, -0.2) is 41.7 Å². The molecule has 0 aromatic carbocycles. The molecule has 18 heavy (non-hydrogen) atoms. The number of rotatable bonds is 4. The van der Waals surface area contributed by atoms with E-state index >= 15 is 0 Å². The predicted molar refractivity (Wildman–Crippen MR) is 69.8 cm³/mol. The Morgan fingerprint density at radius 1 is 1.00 bits per heavy atom. The van der Waals surface area contributed by atoms with Crippen molar-refractivity contribution >= 4 is 17.8 Å². The third kappa shape index (κ3) is 3.82. The van der Waals surface area contributed by atoms with Crippen LogP contribution in [0, 0.1) is 11.8 Å². The van der Waals surface area contributed by atoms with Gasteiger partial charge in [-0.3, -0.25) is 19.4 Å². The first-order chi connectivity index (χ1) is 8.27. The van der Waals surface area contributed by atoms with E-state index in [2.05, 4.69) is 0 Å². The number of imide groups is 2. The van der Waals surface area contributed by atoms with Crippen molar-refractivity contribution in [2.24, 2.45) is 11.8 Å². The highest BCUT2D eigenvalue weighted by Crippen LogP contribution is 2.21. The maximum atomic E-state index is 12.2. The van der Waals surface area contributed by atoms with E-state index in [1.165, 1.54) is 21.0 Å². The van der Waals surface area contributed by atoms with Crippen molar-refractivity contribution in [1.29, 1.82) is 0 Å². The largest absolute Gasteiger partial charge is 0.332 e. The fraction of sp³-hybridized carbons (Fsp3) is 0.769. The molecule has 2 atom stereocenters. The topological polar surface area (TPSA) is 57.7 Å². The molecule has 0 rings (SSSR count). The van der Waals surface area contributed by atoms with Gasteiger partial charge < -0.3 is 0 Å². The van der Waals surface area contributed by atoms with Crippen LogP contribution in [0.1, 0.15) is 40.5 Å². The van der Waals surface area contributed by atoms with Gasteiger partial charge in [0, 0.05) is 26.9 Å². The summed E-state index contributed by atoms with van der Waals surface area (Å²) < 4.78 is 0. The van der Waals surface area contributed by atoms with Crippen LogP contribution in [0.4, 0.5) is 4.79 Å². The molecule has 5 nitrogen and oxygen atoms in total. The molecule has 0 unspecified atom stereocenters. The zero-order valence-electron chi connectivity index (χ0n) is 12.2. The molecule has 0 heterocycles. The Balaban J connectivity index is 4.87. The summed E-state index contributed by atoms with van der Waals surface area (Å²) in [6.07, 6.45) is 1.57. The fourth-order valence-electron chi connectivity index (χ4n) is 1.81. The smallest absolute Gasteiger partial charge is 0.275 e. The van der Waals surface area contributed by atoms with E-state index in [1.54, 1.807) is 0 Å². The molecule has 0 N–H and O–H groups in total. The molecule has 0 aliphatic heterocycles. The lowest BCUT2D eigenvalue weighted by Crippen LogP contribution is -2.47. The molecule has 104 valence electrons. The molecular weight excluding hydrogens is 232 g/mol. The second-order valence-electron chi connectivity index (χ2n) is 4.66. The minimum atomic E-state index is -0.575. The minimum absolute atomic E-state index is 0.177. The highest BCUT2D eigenvalue weighted by atomic mass is 16.2. The lowest BCUT2D eigenvalue weighted by molar-refractivity contribution is -0.134. The van der Waals surface area contributed by atoms with Gasteiger partial charge in [-0.05, 0) is 12.3 Å². The second kappa shape index (κ2) is 7.13. The van der Waals surface area contributed by atoms with E-state index < -0.39 is 6.03 Å². The van der Waals surface area contributed by atoms with Crippen LogP contribution in [0.25, 0.3) is 0 Å². The Bertz CT molecular complexity index is 328. The minimum Gasteiger partial charge on any atom is -0.275 e. The molecule has 0 radical (unpaired) electrons. The average molecular weight is 256 g/mol. The van der Waals surface area contributed by atoms with Crippen molar-refractivity contribution in [3.8, 4) is 0 Å². The van der Waals surface area contributed by atoms with Crippen molar-refractivity contribution in [1.82, 2.24) is 9.80 Å². The Morgan fingerprint density at radius 3 is 1.83 bits per heavy atom. The molecular formula is C13H24N2O3. The Kier molecular flexibility index (Phi) is 6.58. The van der Waals surface area contributed by atoms with Crippen LogP contribution in [0.3, 0.4) is 0 Å². The van der Waals surface area contributed by atoms with Gasteiger partial charge in [0.15, 0.2) is 0 Å². The fourth-order valence-corrected chi connectivity index (χ4v) is 1.81. The van der Waals surface area contributed by atoms with Crippen molar-refractivity contribution in [2.75, 3.05) is 14.1 Å². The van der Waals surface area contributed by atoms with E-state index in [9.17, 15) is 14.4 Å². The zero-order valence-corrected chi connectivity index (χ0v) is 12.2. The molecule has 0 aliphatic carbocycles. The second-order valence-corrected chi connectivity index (χ2v) is 4.66. The van der Waals surface area contributed by atoms with E-state index in [0.717, 1.165) is 16.2 Å². The van der Waals surface area contributed by atoms with Gasteiger partial charge in [-0.1, -0.05) is 27.2 Å². The molecule has 0 fully saturated rings. The highest BCUT2D eigenvalue weighted by molar-refractivity contribution is 6.01. The maximum Gasteiger partial charge on any atom is 0.332 e. The summed E-state index contributed by atoms with van der Waals surface area (Å²) in [4.78, 5) is 37.2. The van der Waals surface area contributed by atoms with Crippen LogP contribution in [0.2, 0.25) is 0 Å². The number of urea groups is 1. The zero-order chi connectivity index (χ0) is 14.5. The summed E-state index contributed by atoms with van der Waals surface area (Å²) in [6.45, 7) is 7.24. The molecule has 0 spiro atoms. The number of hydrogen-bond acceptors (Lipinski definition) is 3. The van der Waals surface area contributed by atoms with E-state index in [4.69, 9.17) is 0 Å². The van der Waals surface area contributed by atoms with Crippen LogP contribution in [0.5, 0.6) is 0 Å². The first kappa shape index (κ1) is 16.6. The van der Waals surface area contributed by atoms with Gasteiger partial charge in [-0.2, -0.15) is 0 Å². The van der Waals surface area contributed by atoms with Crippen molar-refractivity contribution in [3.05, 3.63) is 0 Å². The quantitative estimate of drug-likeness (QED) is 0.774. The molecule has 0 bridgehead atoms. The van der Waals surface area contributed by atoms with Crippen LogP contribution in [-0.2, 0) is 9.59 Å². The van der Waals surface area contributed by atoms with Crippen molar-refractivity contribution in [3.63, 3.8) is 0 Å². The van der Waals surface area contributed by atoms with Gasteiger partial charge in [0.1, 0.15) is 0 Å². The van der Waals surface area contributed by atoms with Crippen LogP contribution >= 0.6 is 0 Å². The molecule has 4 amide bonds. The Hall–Kier alpha value is -1.39. The highest BCUT2D eigenvalue weighted by Gasteiger charge is 2.30. The van der Waals surface area contributed by atoms with E-state index in [0.29, 0.717) is 6.42 Å². The van der Waals surface area contributed by atoms with Gasteiger partial charge in [-0.25, -0.2) is 4.79 Å². The molecule has 0 saturated heterocycles. The number of nitrogens with zero attached hydrogens (tertiary/aromatic N) is 2. The standard InChI is InChI=1S/C13H24N2O3/c1-7-9(3)11(8-2)12(17)15(6)13(18)14(5)10(4)16/h9,11H,7-8H2,1-6H3/t9-,11+/m0/s1. The first-order valence-corrected chi connectivity index (χ1v) is 6.33. The normalized spacial score (nSPS) is 13.7. The van der Waals surface area contributed by atoms with Gasteiger partial charge in [-0.15, -0.1) is 0 Å². The summed E-state index contributed by atoms with van der Waals surface area (Å²) in [7, 11) is 2.80. The van der Waals surface area contributed by atoms with E-state index in [1.807, 2.05) is 20.8 Å². The summed E-state index contributed by atoms with van der Waals surface area (Å²) in [6, 6.07) is -0.575. The van der Waals surface area contributed by atoms with Crippen LogP contribution in [0.15, 0.2) is 0 Å². The SMILES string of the molecule is CC[C@H](C)[C@@H](CC)C(=O)N(C)C(=O)N(C)C(C)=O. The summed E-state index contributed by atoms with van der Waals surface area (Å²) in [5.41, 5.74) is 0. The van der Waals surface area contributed by atoms with E-state index in [-0.39, 0.29) is 23.7 Å². The lowest BCUT2D eigenvalue weighted by atomic mass is 9.88. The van der Waals surface area contributed by atoms with Crippen LogP contribution < -0.4 is 0 Å². The number of amides is 4. The third-order valence-electron chi connectivity index (χ3n) is 3.46. The molecule has 0 aromatic rings. The molecule has 0 aromatic heterocycles. The number of hydrogen-bond donors (Lipinski definition) is 0. The Morgan fingerprint density at radius 2 is 1.50 bits per heavy atom. The number of carbonyl (C=O) groups is 3.